The van der Waals surface area contributed by atoms with Crippen LogP contribution in [0.1, 0.15) is 92.2 Å². The van der Waals surface area contributed by atoms with Gasteiger partial charge in [0.1, 0.15) is 52.0 Å². The highest BCUT2D eigenvalue weighted by molar-refractivity contribution is 6.09. The van der Waals surface area contributed by atoms with Crippen LogP contribution in [0.15, 0.2) is 73.0 Å². The van der Waals surface area contributed by atoms with E-state index in [1.54, 1.807) is 53.7 Å². The Labute approximate surface area is 446 Å². The van der Waals surface area contributed by atoms with Crippen LogP contribution >= 0.6 is 0 Å². The number of esters is 2. The molecule has 8 atom stereocenters. The van der Waals surface area contributed by atoms with E-state index in [1.165, 1.54) is 64.5 Å². The molecule has 0 radical (unpaired) electrons. The molecule has 2 aromatic carbocycles. The van der Waals surface area contributed by atoms with Crippen molar-refractivity contribution in [2.75, 3.05) is 24.9 Å². The number of carbonyl (C=O) groups excluding carboxylic acids is 4. The van der Waals surface area contributed by atoms with E-state index in [0.29, 0.717) is 11.4 Å². The molecular weight excluding hydrogens is 1040 g/mol. The van der Waals surface area contributed by atoms with Gasteiger partial charge in [-0.3, -0.25) is 14.7 Å². The van der Waals surface area contributed by atoms with Crippen LogP contribution in [0.25, 0.3) is 21.9 Å². The van der Waals surface area contributed by atoms with Gasteiger partial charge in [0.2, 0.25) is 12.6 Å². The summed E-state index contributed by atoms with van der Waals surface area (Å²) in [4.78, 5) is 85.6. The molecule has 7 heterocycles. The van der Waals surface area contributed by atoms with E-state index in [9.17, 15) is 49.2 Å². The quantitative estimate of drug-likeness (QED) is 0.0528. The van der Waals surface area contributed by atoms with E-state index < -0.39 is 130 Å². The van der Waals surface area contributed by atoms with Crippen LogP contribution in [0.4, 0.5) is 11.4 Å². The van der Waals surface area contributed by atoms with Crippen molar-refractivity contribution in [2.24, 2.45) is 0 Å². The Morgan fingerprint density at radius 3 is 1.42 bits per heavy atom. The van der Waals surface area contributed by atoms with Crippen molar-refractivity contribution >= 4 is 57.1 Å². The zero-order valence-corrected chi connectivity index (χ0v) is 44.1. The van der Waals surface area contributed by atoms with Gasteiger partial charge in [-0.15, -0.1) is 0 Å². The number of ether oxygens (including phenoxy) is 8. The maximum absolute atomic E-state index is 13.5. The molecule has 2 aliphatic rings. The van der Waals surface area contributed by atoms with E-state index in [0.717, 1.165) is 6.07 Å². The Kier molecular flexibility index (Phi) is 14.7. The van der Waals surface area contributed by atoms with E-state index in [-0.39, 0.29) is 56.0 Å². The lowest BCUT2D eigenvalue weighted by atomic mass is 9.89. The number of aliphatic hydroxyl groups excluding tert-OH is 2. The zero-order chi connectivity index (χ0) is 57.2. The van der Waals surface area contributed by atoms with Crippen molar-refractivity contribution in [3.05, 3.63) is 121 Å². The highest BCUT2D eigenvalue weighted by atomic mass is 16.7. The molecule has 9 N–H and O–H groups in total. The summed E-state index contributed by atoms with van der Waals surface area (Å²) in [6.45, 7) is 13.1. The van der Waals surface area contributed by atoms with Gasteiger partial charge >= 0.3 is 23.2 Å². The van der Waals surface area contributed by atoms with Gasteiger partial charge < -0.3 is 87.8 Å². The second-order valence-corrected chi connectivity index (χ2v) is 20.0. The molecule has 418 valence electrons. The summed E-state index contributed by atoms with van der Waals surface area (Å²) in [6.07, 6.45) is -10.5. The molecule has 0 spiro atoms. The van der Waals surface area contributed by atoms with Crippen molar-refractivity contribution in [1.29, 1.82) is 0 Å². The molecule has 2 saturated heterocycles. The lowest BCUT2D eigenvalue weighted by Crippen LogP contribution is -2.65. The molecule has 9 rings (SSSR count). The maximum Gasteiger partial charge on any atom is 0.364 e. The summed E-state index contributed by atoms with van der Waals surface area (Å²) in [5, 5.41) is 56.1. The third kappa shape index (κ3) is 10.4. The van der Waals surface area contributed by atoms with E-state index >= 15 is 0 Å². The number of fused-ring (bicyclic) bond motifs is 2. The van der Waals surface area contributed by atoms with Crippen LogP contribution < -0.4 is 31.4 Å². The lowest BCUT2D eigenvalue weighted by molar-refractivity contribution is -0.305. The van der Waals surface area contributed by atoms with Crippen molar-refractivity contribution in [1.82, 2.24) is 20.2 Å². The molecule has 79 heavy (non-hydrogen) atoms. The number of aryl methyl sites for hydroxylation is 4. The second-order valence-electron chi connectivity index (χ2n) is 20.0. The number of nitrogens with one attached hydrogen (secondary N) is 5. The monoisotopic (exact) mass is 1100 g/mol. The standard InChI is InChI=1S/C53H56N6O20/c1-20-11-15-26(54-20)46(66)76-40-36(62)50(78-52(5,6)42(40)70-9)72-30-17-13-24-34(60)32(48(68)74-38(24)22(30)3)56-44(64)28-19-29(59-58-28)45(65)57-33-35(61)25-14-18-31(23(4)39(25)75-49(33)69)73-51-37(63)41(43(71-10)53(7,8)79-51)77-47(67)27-16-12-21(2)55-27/h11-19,36-37,40-43,50-51,54-55,60-63H,1-10H3,(H,56,64)(H,57,65)(H,58,59). The van der Waals surface area contributed by atoms with E-state index in [4.69, 9.17) is 46.7 Å². The summed E-state index contributed by atoms with van der Waals surface area (Å²) in [5.41, 5.74) is -5.28. The fourth-order valence-corrected chi connectivity index (χ4v) is 9.61. The number of aromatic amines is 3. The Bertz CT molecular complexity index is 3430. The molecule has 5 aromatic heterocycles. The number of hydrogen-bond acceptors (Lipinski definition) is 21. The first kappa shape index (κ1) is 55.2. The number of hydrogen-bond donors (Lipinski definition) is 9. The number of aromatic nitrogens is 4. The number of amides is 2. The van der Waals surface area contributed by atoms with Crippen LogP contribution in [-0.2, 0) is 28.4 Å². The second kappa shape index (κ2) is 21.0. The fourth-order valence-electron chi connectivity index (χ4n) is 9.61. The third-order valence-corrected chi connectivity index (χ3v) is 13.6. The predicted octanol–water partition coefficient (Wildman–Crippen LogP) is 4.66. The minimum Gasteiger partial charge on any atom is -0.505 e. The molecular formula is C53H56N6O20. The Balaban J connectivity index is 0.876. The van der Waals surface area contributed by atoms with Gasteiger partial charge in [-0.1, -0.05) is 0 Å². The average Bonchev–Trinajstić information content (AvgIpc) is 4.26. The summed E-state index contributed by atoms with van der Waals surface area (Å²) in [7, 11) is 2.75. The summed E-state index contributed by atoms with van der Waals surface area (Å²) in [5.74, 6) is -5.00. The van der Waals surface area contributed by atoms with Crippen LogP contribution in [0.3, 0.4) is 0 Å². The molecule has 2 fully saturated rings. The van der Waals surface area contributed by atoms with Crippen molar-refractivity contribution in [3.8, 4) is 23.0 Å². The molecule has 0 aliphatic carbocycles. The fraction of sp³-hybridized carbons (Fsp3) is 0.377. The number of aliphatic hydroxyl groups is 2. The highest BCUT2D eigenvalue weighted by Crippen LogP contribution is 2.41. The molecule has 2 aliphatic heterocycles. The Hall–Kier alpha value is -8.53. The minimum atomic E-state index is -1.59. The first-order valence-corrected chi connectivity index (χ1v) is 24.4. The van der Waals surface area contributed by atoms with Gasteiger partial charge in [0.25, 0.3) is 11.8 Å². The minimum absolute atomic E-state index is 0.0390. The van der Waals surface area contributed by atoms with Crippen LogP contribution in [-0.4, -0.2) is 139 Å². The van der Waals surface area contributed by atoms with Gasteiger partial charge in [-0.25, -0.2) is 19.2 Å². The summed E-state index contributed by atoms with van der Waals surface area (Å²) in [6, 6.07) is 12.8. The number of carbonyl (C=O) groups is 4. The first-order valence-electron chi connectivity index (χ1n) is 24.4. The number of benzene rings is 2. The molecule has 0 saturated carbocycles. The molecule has 26 heteroatoms. The van der Waals surface area contributed by atoms with Gasteiger partial charge in [0.15, 0.2) is 53.0 Å². The smallest absolute Gasteiger partial charge is 0.364 e. The maximum atomic E-state index is 13.5. The largest absolute Gasteiger partial charge is 0.505 e. The van der Waals surface area contributed by atoms with Crippen LogP contribution in [0, 0.1) is 27.7 Å². The van der Waals surface area contributed by atoms with E-state index in [2.05, 4.69) is 30.8 Å². The number of nitrogens with zero attached hydrogens (tertiary/aromatic N) is 1. The van der Waals surface area contributed by atoms with Gasteiger partial charge in [0, 0.05) is 42.8 Å². The van der Waals surface area contributed by atoms with Crippen LogP contribution in [0.5, 0.6) is 23.0 Å². The third-order valence-electron chi connectivity index (χ3n) is 13.6. The molecule has 26 nitrogen and oxygen atoms in total. The van der Waals surface area contributed by atoms with E-state index in [1.807, 2.05) is 0 Å². The number of aromatic hydroxyl groups is 2. The van der Waals surface area contributed by atoms with Crippen molar-refractivity contribution in [3.63, 3.8) is 0 Å². The zero-order valence-electron chi connectivity index (χ0n) is 44.1. The Morgan fingerprint density at radius 2 is 1.03 bits per heavy atom. The highest BCUT2D eigenvalue weighted by Gasteiger charge is 2.55. The SMILES string of the molecule is COC1C(OC(=O)c2ccc(C)[nH]2)C(O)C(Oc2ccc3c(O)c(NC(=O)c4cc(C(=O)Nc5c(O)c6ccc(OC7OC(C)(C)C(OC)C(OC(=O)c8ccc(C)[nH]8)C7O)c(C)c6oc5=O)[nH]n4)c(=O)oc3c2C)OC1(C)C. The molecule has 0 bridgehead atoms. The molecule has 7 aromatic rings. The van der Waals surface area contributed by atoms with Gasteiger partial charge in [0.05, 0.1) is 22.0 Å². The topological polar surface area (TPSA) is 368 Å². The molecule has 2 amide bonds. The average molecular weight is 1100 g/mol. The Morgan fingerprint density at radius 1 is 0.608 bits per heavy atom. The summed E-state index contributed by atoms with van der Waals surface area (Å²) < 4.78 is 58.1. The number of H-pyrrole nitrogens is 3. The predicted molar refractivity (Wildman–Crippen MR) is 274 cm³/mol. The molecule has 8 unspecified atom stereocenters. The number of anilines is 2. The van der Waals surface area contributed by atoms with Gasteiger partial charge in [-0.2, -0.15) is 5.10 Å². The lowest BCUT2D eigenvalue weighted by Gasteiger charge is -2.47. The first-order chi connectivity index (χ1) is 37.3. The van der Waals surface area contributed by atoms with Crippen molar-refractivity contribution < 1.29 is 86.3 Å². The number of rotatable bonds is 14. The van der Waals surface area contributed by atoms with Crippen molar-refractivity contribution in [2.45, 2.75) is 116 Å². The normalized spacial score (nSPS) is 22.5. The number of methoxy groups -OCH3 is 2. The van der Waals surface area contributed by atoms with Gasteiger partial charge in [-0.05, 0) is 104 Å². The summed E-state index contributed by atoms with van der Waals surface area (Å²) >= 11 is 0. The van der Waals surface area contributed by atoms with Crippen LogP contribution in [0.2, 0.25) is 0 Å².